The molecule has 2 aromatic rings. The van der Waals surface area contributed by atoms with Gasteiger partial charge in [-0.05, 0) is 13.1 Å². The fraction of sp³-hybridized carbons (Fsp3) is 0.389. The maximum absolute atomic E-state index is 12.3. The van der Waals surface area contributed by atoms with Crippen molar-refractivity contribution in [1.82, 2.24) is 14.9 Å². The molecule has 0 bridgehead atoms. The number of hydrogen-bond donors (Lipinski definition) is 3. The largest absolute Gasteiger partial charge is 0.454 e. The number of hydrogen-bond acceptors (Lipinski definition) is 8. The first-order chi connectivity index (χ1) is 13.5. The lowest BCUT2D eigenvalue weighted by Gasteiger charge is -2.29. The average Bonchev–Trinajstić information content (AvgIpc) is 2.65. The van der Waals surface area contributed by atoms with Crippen molar-refractivity contribution in [2.75, 3.05) is 50.2 Å². The summed E-state index contributed by atoms with van der Waals surface area (Å²) < 4.78 is 11.4. The zero-order valence-electron chi connectivity index (χ0n) is 15.7. The molecule has 28 heavy (non-hydrogen) atoms. The number of nitrogens with two attached hydrogens (primary N) is 1. The van der Waals surface area contributed by atoms with E-state index in [-0.39, 0.29) is 24.2 Å². The molecule has 150 valence electrons. The quantitative estimate of drug-likeness (QED) is 0.668. The van der Waals surface area contributed by atoms with Crippen LogP contribution in [-0.2, 0) is 9.53 Å². The van der Waals surface area contributed by atoms with E-state index in [1.165, 1.54) is 12.4 Å². The minimum absolute atomic E-state index is 0.127. The number of nitrogen functional groups attached to an aromatic ring is 1. The summed E-state index contributed by atoms with van der Waals surface area (Å²) in [5, 5.41) is 5.97. The number of morpholine rings is 1. The van der Waals surface area contributed by atoms with Crippen LogP contribution in [0, 0.1) is 0 Å². The number of carbonyl (C=O) groups excluding carboxylic acids is 1. The van der Waals surface area contributed by atoms with E-state index in [1.54, 1.807) is 19.2 Å². The first-order valence-electron chi connectivity index (χ1n) is 8.82. The van der Waals surface area contributed by atoms with Crippen LogP contribution in [0.5, 0.6) is 11.5 Å². The Hall–Kier alpha value is -2.62. The van der Waals surface area contributed by atoms with Gasteiger partial charge < -0.3 is 30.7 Å². The van der Waals surface area contributed by atoms with Gasteiger partial charge in [0.15, 0.2) is 5.75 Å². The predicted octanol–water partition coefficient (Wildman–Crippen LogP) is 2.21. The monoisotopic (exact) mass is 406 g/mol. The van der Waals surface area contributed by atoms with Gasteiger partial charge in [-0.15, -0.1) is 0 Å². The highest BCUT2D eigenvalue weighted by molar-refractivity contribution is 6.35. The molecule has 1 unspecified atom stereocenters. The number of nitrogens with one attached hydrogen (secondary N) is 2. The van der Waals surface area contributed by atoms with Crippen molar-refractivity contribution in [1.29, 1.82) is 0 Å². The van der Waals surface area contributed by atoms with E-state index < -0.39 is 0 Å². The van der Waals surface area contributed by atoms with Gasteiger partial charge in [-0.2, -0.15) is 0 Å². The Labute approximate surface area is 168 Å². The number of nitrogens with zero attached hydrogens (tertiary/aromatic N) is 3. The van der Waals surface area contributed by atoms with Crippen molar-refractivity contribution in [3.8, 4) is 11.5 Å². The van der Waals surface area contributed by atoms with Gasteiger partial charge in [0.25, 0.3) is 0 Å². The Bertz CT molecular complexity index is 850. The highest BCUT2D eigenvalue weighted by Gasteiger charge is 2.21. The number of carbonyl (C=O) groups is 1. The van der Waals surface area contributed by atoms with Gasteiger partial charge in [0, 0.05) is 32.4 Å². The van der Waals surface area contributed by atoms with Gasteiger partial charge >= 0.3 is 0 Å². The molecule has 0 radical (unpaired) electrons. The first-order valence-corrected chi connectivity index (χ1v) is 9.19. The molecule has 1 atom stereocenters. The predicted molar refractivity (Wildman–Crippen MR) is 108 cm³/mol. The van der Waals surface area contributed by atoms with Crippen LogP contribution in [0.3, 0.4) is 0 Å². The second kappa shape index (κ2) is 9.05. The van der Waals surface area contributed by atoms with Crippen LogP contribution in [0.1, 0.15) is 6.42 Å². The lowest BCUT2D eigenvalue weighted by atomic mass is 10.2. The standard InChI is InChI=1S/C18H23ClN6O3/c1-21-17-16(19)13(9-23-18(17)20)28-11-3-4-22-14(7-11)24-15(26)8-12-10-25(2)5-6-27-12/h3-4,7,9,12,21H,5-6,8,10H2,1-2H3,(H2,20,23)(H,22,24,26). The first kappa shape index (κ1) is 20.1. The molecule has 0 saturated carbocycles. The van der Waals surface area contributed by atoms with Crippen molar-refractivity contribution in [3.05, 3.63) is 29.5 Å². The molecule has 1 aliphatic rings. The van der Waals surface area contributed by atoms with Crippen LogP contribution in [0.25, 0.3) is 0 Å². The van der Waals surface area contributed by atoms with Gasteiger partial charge in [0.2, 0.25) is 5.91 Å². The summed E-state index contributed by atoms with van der Waals surface area (Å²) in [4.78, 5) is 22.6. The molecular formula is C18H23ClN6O3. The topological polar surface area (TPSA) is 115 Å². The molecule has 10 heteroatoms. The number of ether oxygens (including phenoxy) is 2. The Morgan fingerprint density at radius 1 is 1.50 bits per heavy atom. The second-order valence-electron chi connectivity index (χ2n) is 6.43. The molecule has 0 aliphatic carbocycles. The molecular weight excluding hydrogens is 384 g/mol. The van der Waals surface area contributed by atoms with Gasteiger partial charge in [0.05, 0.1) is 31.0 Å². The molecule has 1 saturated heterocycles. The fourth-order valence-corrected chi connectivity index (χ4v) is 3.13. The maximum atomic E-state index is 12.3. The molecule has 1 fully saturated rings. The van der Waals surface area contributed by atoms with Crippen LogP contribution in [0.4, 0.5) is 17.3 Å². The number of anilines is 3. The molecule has 0 spiro atoms. The molecule has 3 rings (SSSR count). The number of rotatable bonds is 6. The van der Waals surface area contributed by atoms with Crippen LogP contribution in [0.15, 0.2) is 24.5 Å². The van der Waals surface area contributed by atoms with Crippen molar-refractivity contribution < 1.29 is 14.3 Å². The van der Waals surface area contributed by atoms with Gasteiger partial charge in [0.1, 0.15) is 22.4 Å². The summed E-state index contributed by atoms with van der Waals surface area (Å²) in [7, 11) is 3.70. The molecule has 1 aliphatic heterocycles. The van der Waals surface area contributed by atoms with Gasteiger partial charge in [-0.3, -0.25) is 4.79 Å². The summed E-state index contributed by atoms with van der Waals surface area (Å²) >= 11 is 6.30. The minimum Gasteiger partial charge on any atom is -0.454 e. The number of likely N-dealkylation sites (N-methyl/N-ethyl adjacent to an activating group) is 1. The van der Waals surface area contributed by atoms with Gasteiger partial charge in [-0.25, -0.2) is 9.97 Å². The molecule has 1 amide bonds. The van der Waals surface area contributed by atoms with E-state index in [1.807, 2.05) is 7.05 Å². The van der Waals surface area contributed by atoms with Gasteiger partial charge in [-0.1, -0.05) is 11.6 Å². The summed E-state index contributed by atoms with van der Waals surface area (Å²) in [6.45, 7) is 2.22. The summed E-state index contributed by atoms with van der Waals surface area (Å²) in [6, 6.07) is 3.26. The van der Waals surface area contributed by atoms with Crippen LogP contribution < -0.4 is 21.1 Å². The third-order valence-electron chi connectivity index (χ3n) is 4.24. The van der Waals surface area contributed by atoms with Crippen LogP contribution >= 0.6 is 11.6 Å². The SMILES string of the molecule is CNc1c(N)ncc(Oc2ccnc(NC(=O)CC3CN(C)CCO3)c2)c1Cl. The number of aromatic nitrogens is 2. The minimum atomic E-state index is -0.172. The van der Waals surface area contributed by atoms with E-state index in [9.17, 15) is 4.79 Å². The maximum Gasteiger partial charge on any atom is 0.228 e. The summed E-state index contributed by atoms with van der Waals surface area (Å²) in [5.74, 6) is 1.27. The lowest BCUT2D eigenvalue weighted by molar-refractivity contribution is -0.120. The zero-order valence-corrected chi connectivity index (χ0v) is 16.5. The number of pyridine rings is 2. The Morgan fingerprint density at radius 3 is 3.07 bits per heavy atom. The lowest BCUT2D eigenvalue weighted by Crippen LogP contribution is -2.41. The third-order valence-corrected chi connectivity index (χ3v) is 4.62. The summed E-state index contributed by atoms with van der Waals surface area (Å²) in [5.41, 5.74) is 6.26. The molecule has 9 nitrogen and oxygen atoms in total. The van der Waals surface area contributed by atoms with Crippen LogP contribution in [-0.4, -0.2) is 60.7 Å². The van der Waals surface area contributed by atoms with Crippen LogP contribution in [0.2, 0.25) is 5.02 Å². The molecule has 0 aromatic carbocycles. The van der Waals surface area contributed by atoms with E-state index in [2.05, 4.69) is 25.5 Å². The Kier molecular flexibility index (Phi) is 6.50. The smallest absolute Gasteiger partial charge is 0.228 e. The summed E-state index contributed by atoms with van der Waals surface area (Å²) in [6.07, 6.45) is 3.11. The highest BCUT2D eigenvalue weighted by Crippen LogP contribution is 2.37. The fourth-order valence-electron chi connectivity index (χ4n) is 2.85. The van der Waals surface area contributed by atoms with E-state index in [0.29, 0.717) is 34.6 Å². The third kappa shape index (κ3) is 5.00. The van der Waals surface area contributed by atoms with Crippen molar-refractivity contribution in [2.24, 2.45) is 0 Å². The van der Waals surface area contributed by atoms with Crippen molar-refractivity contribution >= 4 is 34.8 Å². The normalized spacial score (nSPS) is 17.2. The average molecular weight is 407 g/mol. The Balaban J connectivity index is 1.65. The highest BCUT2D eigenvalue weighted by atomic mass is 35.5. The number of halogens is 1. The molecule has 3 heterocycles. The van der Waals surface area contributed by atoms with E-state index in [0.717, 1.165) is 13.1 Å². The Morgan fingerprint density at radius 2 is 2.32 bits per heavy atom. The van der Waals surface area contributed by atoms with E-state index in [4.69, 9.17) is 26.8 Å². The molecule has 2 aromatic heterocycles. The van der Waals surface area contributed by atoms with Crippen molar-refractivity contribution in [3.63, 3.8) is 0 Å². The van der Waals surface area contributed by atoms with Crippen molar-refractivity contribution in [2.45, 2.75) is 12.5 Å². The molecule has 4 N–H and O–H groups in total. The zero-order chi connectivity index (χ0) is 20.1. The second-order valence-corrected chi connectivity index (χ2v) is 6.81. The van der Waals surface area contributed by atoms with E-state index >= 15 is 0 Å². The number of amides is 1.